The minimum absolute atomic E-state index is 0.0147. The number of thiazole rings is 1. The number of aromatic nitrogens is 1. The summed E-state index contributed by atoms with van der Waals surface area (Å²) in [4.78, 5) is 51.5. The highest BCUT2D eigenvalue weighted by molar-refractivity contribution is 7.11. The SMILES string of the molecule is COC(=O)C1=C(CN2CCN3C(=O)N(c4ccc(CC(C)C(=O)O)cc4)C[C@@H]3C2)NC(c2nccs2)=NC1. The largest absolute Gasteiger partial charge is 0.481 e. The predicted molar refractivity (Wildman–Crippen MR) is 142 cm³/mol. The van der Waals surface area contributed by atoms with Crippen molar-refractivity contribution in [3.8, 4) is 0 Å². The van der Waals surface area contributed by atoms with Gasteiger partial charge in [-0.25, -0.2) is 14.6 Å². The number of nitrogens with one attached hydrogen (secondary N) is 1. The fourth-order valence-corrected chi connectivity index (χ4v) is 5.63. The third-order valence-electron chi connectivity index (χ3n) is 7.13. The molecule has 38 heavy (non-hydrogen) atoms. The third kappa shape index (κ3) is 5.27. The monoisotopic (exact) mass is 538 g/mol. The summed E-state index contributed by atoms with van der Waals surface area (Å²) < 4.78 is 5.00. The molecule has 1 unspecified atom stereocenters. The highest BCUT2D eigenvalue weighted by Gasteiger charge is 2.41. The third-order valence-corrected chi connectivity index (χ3v) is 7.91. The second-order valence-electron chi connectivity index (χ2n) is 9.66. The summed E-state index contributed by atoms with van der Waals surface area (Å²) in [6.45, 7) is 4.89. The molecule has 12 heteroatoms. The van der Waals surface area contributed by atoms with Gasteiger partial charge in [-0.15, -0.1) is 11.3 Å². The van der Waals surface area contributed by atoms with Crippen LogP contribution in [0.25, 0.3) is 0 Å². The number of ether oxygens (including phenoxy) is 1. The van der Waals surface area contributed by atoms with Crippen molar-refractivity contribution in [2.24, 2.45) is 10.9 Å². The van der Waals surface area contributed by atoms with E-state index in [0.29, 0.717) is 50.6 Å². The number of methoxy groups -OCH3 is 1. The summed E-state index contributed by atoms with van der Waals surface area (Å²) in [5.41, 5.74) is 2.97. The van der Waals surface area contributed by atoms with Gasteiger partial charge in [-0.2, -0.15) is 0 Å². The Morgan fingerprint density at radius 2 is 2.03 bits per heavy atom. The molecule has 2 atom stereocenters. The Bertz CT molecular complexity index is 1280. The Labute approximate surface area is 224 Å². The van der Waals surface area contributed by atoms with Gasteiger partial charge in [0.25, 0.3) is 0 Å². The van der Waals surface area contributed by atoms with E-state index in [2.05, 4.69) is 20.2 Å². The van der Waals surface area contributed by atoms with Crippen molar-refractivity contribution in [1.82, 2.24) is 20.1 Å². The Hall–Kier alpha value is -3.77. The molecule has 2 N–H and O–H groups in total. The molecular formula is C26H30N6O5S. The van der Waals surface area contributed by atoms with Crippen molar-refractivity contribution >= 4 is 40.8 Å². The number of benzene rings is 1. The maximum atomic E-state index is 13.2. The number of hydrogen-bond acceptors (Lipinski definition) is 9. The van der Waals surface area contributed by atoms with Crippen LogP contribution in [-0.4, -0.2) is 96.1 Å². The van der Waals surface area contributed by atoms with Crippen LogP contribution >= 0.6 is 11.3 Å². The lowest BCUT2D eigenvalue weighted by Crippen LogP contribution is -2.53. The number of esters is 1. The van der Waals surface area contributed by atoms with Crippen LogP contribution in [0.4, 0.5) is 10.5 Å². The Morgan fingerprint density at radius 3 is 2.71 bits per heavy atom. The van der Waals surface area contributed by atoms with Crippen LogP contribution in [0.15, 0.2) is 52.1 Å². The standard InChI is InChI=1S/C26H30N6O5S/c1-16(24(33)34)11-17-3-5-18(6-4-17)32-14-19-13-30(8-9-31(19)26(32)36)15-21-20(25(35)37-2)12-28-22(29-21)23-27-7-10-38-23/h3-7,10,16,19H,8-9,11-15H2,1-2H3,(H,28,29)(H,33,34)/t16?,19-/m0/s1. The van der Waals surface area contributed by atoms with Gasteiger partial charge in [0.2, 0.25) is 0 Å². The maximum Gasteiger partial charge on any atom is 0.337 e. The molecule has 0 saturated carbocycles. The molecule has 2 fully saturated rings. The minimum atomic E-state index is -0.824. The first-order valence-corrected chi connectivity index (χ1v) is 13.4. The highest BCUT2D eigenvalue weighted by atomic mass is 32.1. The van der Waals surface area contributed by atoms with Gasteiger partial charge in [0.1, 0.15) is 0 Å². The van der Waals surface area contributed by atoms with Crippen LogP contribution in [0.1, 0.15) is 17.5 Å². The quantitative estimate of drug-likeness (QED) is 0.487. The number of rotatable bonds is 8. The number of amides is 2. The Morgan fingerprint density at radius 1 is 1.24 bits per heavy atom. The number of carboxylic acid groups (broad SMARTS) is 1. The van der Waals surface area contributed by atoms with Gasteiger partial charge in [-0.3, -0.25) is 19.6 Å². The number of urea groups is 1. The lowest BCUT2D eigenvalue weighted by Gasteiger charge is -2.37. The number of piperazine rings is 1. The van der Waals surface area contributed by atoms with E-state index >= 15 is 0 Å². The molecule has 11 nitrogen and oxygen atoms in total. The average Bonchev–Trinajstić information content (AvgIpc) is 3.57. The first-order valence-electron chi connectivity index (χ1n) is 12.5. The number of carbonyl (C=O) groups excluding carboxylic acids is 2. The number of amidine groups is 1. The van der Waals surface area contributed by atoms with Crippen molar-refractivity contribution in [3.05, 3.63) is 57.7 Å². The maximum absolute atomic E-state index is 13.2. The van der Waals surface area contributed by atoms with Gasteiger partial charge in [0.15, 0.2) is 10.8 Å². The van der Waals surface area contributed by atoms with Crippen LogP contribution in [0, 0.1) is 5.92 Å². The van der Waals surface area contributed by atoms with Crippen molar-refractivity contribution < 1.29 is 24.2 Å². The summed E-state index contributed by atoms with van der Waals surface area (Å²) in [7, 11) is 1.36. The van der Waals surface area contributed by atoms with E-state index in [4.69, 9.17) is 9.84 Å². The molecule has 0 radical (unpaired) electrons. The van der Waals surface area contributed by atoms with Gasteiger partial charge in [-0.1, -0.05) is 19.1 Å². The predicted octanol–water partition coefficient (Wildman–Crippen LogP) is 1.81. The molecule has 5 rings (SSSR count). The second kappa shape index (κ2) is 10.9. The van der Waals surface area contributed by atoms with Gasteiger partial charge in [0.05, 0.1) is 31.2 Å². The zero-order chi connectivity index (χ0) is 26.8. The molecule has 4 heterocycles. The van der Waals surface area contributed by atoms with E-state index in [1.54, 1.807) is 18.0 Å². The molecule has 0 bridgehead atoms. The molecule has 3 aliphatic heterocycles. The molecule has 200 valence electrons. The molecule has 2 aromatic rings. The van der Waals surface area contributed by atoms with Gasteiger partial charge in [0, 0.05) is 55.7 Å². The molecular weight excluding hydrogens is 508 g/mol. The topological polar surface area (TPSA) is 128 Å². The van der Waals surface area contributed by atoms with E-state index in [9.17, 15) is 14.4 Å². The van der Waals surface area contributed by atoms with Crippen molar-refractivity contribution in [2.75, 3.05) is 51.3 Å². The Balaban J connectivity index is 1.25. The fraction of sp³-hybridized carbons (Fsp3) is 0.423. The second-order valence-corrected chi connectivity index (χ2v) is 10.6. The van der Waals surface area contributed by atoms with Gasteiger partial charge in [-0.05, 0) is 24.1 Å². The number of nitrogens with zero attached hydrogens (tertiary/aromatic N) is 5. The smallest absolute Gasteiger partial charge is 0.337 e. The zero-order valence-corrected chi connectivity index (χ0v) is 22.1. The van der Waals surface area contributed by atoms with Crippen LogP contribution < -0.4 is 10.2 Å². The van der Waals surface area contributed by atoms with E-state index in [0.717, 1.165) is 22.0 Å². The lowest BCUT2D eigenvalue weighted by molar-refractivity contribution is -0.141. The number of hydrogen-bond donors (Lipinski definition) is 2. The molecule has 2 amide bonds. The van der Waals surface area contributed by atoms with E-state index in [-0.39, 0.29) is 18.6 Å². The van der Waals surface area contributed by atoms with Gasteiger partial charge < -0.3 is 20.1 Å². The fourth-order valence-electron chi connectivity index (χ4n) is 5.03. The number of aliphatic imine (C=N–C) groups is 1. The van der Waals surface area contributed by atoms with E-state index in [1.807, 2.05) is 34.5 Å². The van der Waals surface area contributed by atoms with E-state index < -0.39 is 17.9 Å². The minimum Gasteiger partial charge on any atom is -0.481 e. The number of fused-ring (bicyclic) bond motifs is 1. The first-order chi connectivity index (χ1) is 18.3. The number of carboxylic acids is 1. The molecule has 0 aliphatic carbocycles. The van der Waals surface area contributed by atoms with Crippen molar-refractivity contribution in [1.29, 1.82) is 0 Å². The summed E-state index contributed by atoms with van der Waals surface area (Å²) in [5.74, 6) is -1.05. The molecule has 0 spiro atoms. The molecule has 1 aromatic heterocycles. The lowest BCUT2D eigenvalue weighted by atomic mass is 10.0. The van der Waals surface area contributed by atoms with Crippen molar-refractivity contribution in [3.63, 3.8) is 0 Å². The average molecular weight is 539 g/mol. The van der Waals surface area contributed by atoms with E-state index in [1.165, 1.54) is 18.4 Å². The zero-order valence-electron chi connectivity index (χ0n) is 21.3. The summed E-state index contributed by atoms with van der Waals surface area (Å²) >= 11 is 1.48. The normalized spacial score (nSPS) is 20.6. The summed E-state index contributed by atoms with van der Waals surface area (Å²) in [5, 5.41) is 15.1. The molecule has 2 saturated heterocycles. The molecule has 1 aromatic carbocycles. The number of anilines is 1. The number of aliphatic carboxylic acids is 1. The molecule has 3 aliphatic rings. The van der Waals surface area contributed by atoms with Crippen molar-refractivity contribution in [2.45, 2.75) is 19.4 Å². The van der Waals surface area contributed by atoms with Crippen LogP contribution in [-0.2, 0) is 20.7 Å². The van der Waals surface area contributed by atoms with Crippen LogP contribution in [0.3, 0.4) is 0 Å². The van der Waals surface area contributed by atoms with Gasteiger partial charge >= 0.3 is 18.0 Å². The summed E-state index contributed by atoms with van der Waals surface area (Å²) in [6.07, 6.45) is 2.16. The highest BCUT2D eigenvalue weighted by Crippen LogP contribution is 2.28. The van der Waals surface area contributed by atoms with Crippen LogP contribution in [0.5, 0.6) is 0 Å². The summed E-state index contributed by atoms with van der Waals surface area (Å²) in [6, 6.07) is 7.55. The number of carbonyl (C=O) groups is 3. The Kier molecular flexibility index (Phi) is 7.43. The van der Waals surface area contributed by atoms with Crippen LogP contribution in [0.2, 0.25) is 0 Å². The first kappa shape index (κ1) is 25.9.